The molecule has 6 heteroatoms. The number of sulfonamides is 1. The van der Waals surface area contributed by atoms with Crippen molar-refractivity contribution < 1.29 is 8.42 Å². The predicted octanol–water partition coefficient (Wildman–Crippen LogP) is 4.06. The fourth-order valence-corrected chi connectivity index (χ4v) is 3.54. The van der Waals surface area contributed by atoms with E-state index in [-0.39, 0.29) is 4.90 Å². The van der Waals surface area contributed by atoms with Crippen molar-refractivity contribution in [3.8, 4) is 0 Å². The summed E-state index contributed by atoms with van der Waals surface area (Å²) < 4.78 is 27.5. The molecule has 2 N–H and O–H groups in total. The average Bonchev–Trinajstić information content (AvgIpc) is 2.68. The van der Waals surface area contributed by atoms with E-state index in [0.717, 1.165) is 23.2 Å². The van der Waals surface area contributed by atoms with Crippen molar-refractivity contribution in [2.24, 2.45) is 0 Å². The Labute approximate surface area is 154 Å². The summed E-state index contributed by atoms with van der Waals surface area (Å²) in [6.07, 6.45) is 4.42. The van der Waals surface area contributed by atoms with Crippen LogP contribution < -0.4 is 10.0 Å². The summed E-state index contributed by atoms with van der Waals surface area (Å²) in [6.45, 7) is 2.69. The molecular formula is C20H21N3O2S. The van der Waals surface area contributed by atoms with Crippen LogP contribution in [0.4, 0.5) is 11.4 Å². The summed E-state index contributed by atoms with van der Waals surface area (Å²) in [6, 6.07) is 18.0. The van der Waals surface area contributed by atoms with Gasteiger partial charge in [0.15, 0.2) is 0 Å². The van der Waals surface area contributed by atoms with Gasteiger partial charge in [0.05, 0.1) is 4.90 Å². The van der Waals surface area contributed by atoms with Gasteiger partial charge in [-0.2, -0.15) is 0 Å². The van der Waals surface area contributed by atoms with Crippen molar-refractivity contribution in [3.05, 3.63) is 84.2 Å². The second-order valence-electron chi connectivity index (χ2n) is 5.90. The molecule has 0 radical (unpaired) electrons. The monoisotopic (exact) mass is 367 g/mol. The highest BCUT2D eigenvalue weighted by Crippen LogP contribution is 2.19. The van der Waals surface area contributed by atoms with Crippen LogP contribution in [0.15, 0.2) is 78.0 Å². The van der Waals surface area contributed by atoms with E-state index in [2.05, 4.69) is 15.0 Å². The van der Waals surface area contributed by atoms with Gasteiger partial charge in [-0.1, -0.05) is 25.1 Å². The lowest BCUT2D eigenvalue weighted by Gasteiger charge is -2.10. The molecule has 0 spiro atoms. The number of pyridine rings is 1. The van der Waals surface area contributed by atoms with Crippen LogP contribution in [0.25, 0.3) is 0 Å². The summed E-state index contributed by atoms with van der Waals surface area (Å²) in [7, 11) is -3.59. The Balaban J connectivity index is 1.64. The van der Waals surface area contributed by atoms with Crippen molar-refractivity contribution in [1.29, 1.82) is 0 Å². The molecule has 2 aromatic carbocycles. The third-order valence-electron chi connectivity index (χ3n) is 4.00. The van der Waals surface area contributed by atoms with Gasteiger partial charge in [0.2, 0.25) is 0 Å². The molecule has 26 heavy (non-hydrogen) atoms. The van der Waals surface area contributed by atoms with Crippen molar-refractivity contribution >= 4 is 21.4 Å². The van der Waals surface area contributed by atoms with E-state index < -0.39 is 10.0 Å². The maximum atomic E-state index is 12.5. The zero-order valence-electron chi connectivity index (χ0n) is 14.5. The number of hydrogen-bond donors (Lipinski definition) is 2. The Morgan fingerprint density at radius 2 is 1.58 bits per heavy atom. The quantitative estimate of drug-likeness (QED) is 0.661. The van der Waals surface area contributed by atoms with E-state index in [9.17, 15) is 8.42 Å². The van der Waals surface area contributed by atoms with Gasteiger partial charge in [-0.15, -0.1) is 0 Å². The van der Waals surface area contributed by atoms with E-state index in [1.165, 1.54) is 0 Å². The Morgan fingerprint density at radius 3 is 2.19 bits per heavy atom. The zero-order chi connectivity index (χ0) is 18.4. The second-order valence-corrected chi connectivity index (χ2v) is 7.58. The topological polar surface area (TPSA) is 71.1 Å². The fraction of sp³-hybridized carbons (Fsp3) is 0.150. The highest BCUT2D eigenvalue weighted by atomic mass is 32.2. The van der Waals surface area contributed by atoms with Gasteiger partial charge in [0, 0.05) is 30.3 Å². The SMILES string of the molecule is CCc1ccc(S(=O)(=O)Nc2ccc(NCc3cccnc3)cc2)cc1. The molecule has 3 aromatic rings. The summed E-state index contributed by atoms with van der Waals surface area (Å²) >= 11 is 0. The van der Waals surface area contributed by atoms with Crippen molar-refractivity contribution in [2.75, 3.05) is 10.0 Å². The summed E-state index contributed by atoms with van der Waals surface area (Å²) in [5.74, 6) is 0. The molecule has 0 saturated heterocycles. The standard InChI is InChI=1S/C20H21N3O2S/c1-2-16-5-11-20(12-6-16)26(24,25)23-19-9-7-18(8-10-19)22-15-17-4-3-13-21-14-17/h3-14,22-23H,2,15H2,1H3. The number of hydrogen-bond acceptors (Lipinski definition) is 4. The van der Waals surface area contributed by atoms with Crippen LogP contribution in [-0.2, 0) is 23.0 Å². The Bertz CT molecular complexity index is 939. The van der Waals surface area contributed by atoms with Crippen molar-refractivity contribution in [1.82, 2.24) is 4.98 Å². The van der Waals surface area contributed by atoms with Crippen LogP contribution in [0.2, 0.25) is 0 Å². The number of nitrogens with one attached hydrogen (secondary N) is 2. The molecule has 0 unspecified atom stereocenters. The van der Waals surface area contributed by atoms with E-state index >= 15 is 0 Å². The lowest BCUT2D eigenvalue weighted by Crippen LogP contribution is -2.13. The third-order valence-corrected chi connectivity index (χ3v) is 5.40. The first kappa shape index (κ1) is 17.9. The van der Waals surface area contributed by atoms with Gasteiger partial charge >= 0.3 is 0 Å². The molecule has 134 valence electrons. The molecule has 0 aliphatic carbocycles. The smallest absolute Gasteiger partial charge is 0.261 e. The van der Waals surface area contributed by atoms with Gasteiger partial charge in [-0.25, -0.2) is 8.42 Å². The molecular weight excluding hydrogens is 346 g/mol. The lowest BCUT2D eigenvalue weighted by molar-refractivity contribution is 0.601. The van der Waals surface area contributed by atoms with E-state index in [4.69, 9.17) is 0 Å². The molecule has 5 nitrogen and oxygen atoms in total. The van der Waals surface area contributed by atoms with Gasteiger partial charge in [-0.3, -0.25) is 9.71 Å². The number of aromatic nitrogens is 1. The van der Waals surface area contributed by atoms with Gasteiger partial charge in [0.25, 0.3) is 10.0 Å². The van der Waals surface area contributed by atoms with E-state index in [1.807, 2.05) is 43.3 Å². The molecule has 0 amide bonds. The first-order valence-electron chi connectivity index (χ1n) is 8.41. The number of nitrogens with zero attached hydrogens (tertiary/aromatic N) is 1. The number of anilines is 2. The predicted molar refractivity (Wildman–Crippen MR) is 105 cm³/mol. The van der Waals surface area contributed by atoms with Crippen molar-refractivity contribution in [3.63, 3.8) is 0 Å². The molecule has 1 aromatic heterocycles. The van der Waals surface area contributed by atoms with E-state index in [1.54, 1.807) is 36.7 Å². The highest BCUT2D eigenvalue weighted by Gasteiger charge is 2.13. The van der Waals surface area contributed by atoms with Crippen LogP contribution in [-0.4, -0.2) is 13.4 Å². The van der Waals surface area contributed by atoms with Crippen molar-refractivity contribution in [2.45, 2.75) is 24.8 Å². The maximum Gasteiger partial charge on any atom is 0.261 e. The second kappa shape index (κ2) is 8.01. The van der Waals surface area contributed by atoms with Crippen LogP contribution >= 0.6 is 0 Å². The largest absolute Gasteiger partial charge is 0.381 e. The number of benzene rings is 2. The minimum absolute atomic E-state index is 0.258. The minimum Gasteiger partial charge on any atom is -0.381 e. The Morgan fingerprint density at radius 1 is 0.885 bits per heavy atom. The van der Waals surface area contributed by atoms with Gasteiger partial charge in [-0.05, 0) is 60.0 Å². The molecule has 0 atom stereocenters. The Kier molecular flexibility index (Phi) is 5.53. The zero-order valence-corrected chi connectivity index (χ0v) is 15.3. The molecule has 3 rings (SSSR count). The average molecular weight is 367 g/mol. The highest BCUT2D eigenvalue weighted by molar-refractivity contribution is 7.92. The Hall–Kier alpha value is -2.86. The van der Waals surface area contributed by atoms with E-state index in [0.29, 0.717) is 12.2 Å². The summed E-state index contributed by atoms with van der Waals surface area (Å²) in [4.78, 5) is 4.33. The summed E-state index contributed by atoms with van der Waals surface area (Å²) in [5.41, 5.74) is 3.61. The van der Waals surface area contributed by atoms with Gasteiger partial charge in [0.1, 0.15) is 0 Å². The molecule has 0 aliphatic heterocycles. The fourth-order valence-electron chi connectivity index (χ4n) is 2.48. The van der Waals surface area contributed by atoms with Crippen LogP contribution in [0.1, 0.15) is 18.1 Å². The normalized spacial score (nSPS) is 11.1. The van der Waals surface area contributed by atoms with Gasteiger partial charge < -0.3 is 5.32 Å². The first-order chi connectivity index (χ1) is 12.6. The summed E-state index contributed by atoms with van der Waals surface area (Å²) in [5, 5.41) is 3.28. The molecule has 0 aliphatic rings. The van der Waals surface area contributed by atoms with Crippen LogP contribution in [0.5, 0.6) is 0 Å². The van der Waals surface area contributed by atoms with Crippen LogP contribution in [0.3, 0.4) is 0 Å². The van der Waals surface area contributed by atoms with Crippen LogP contribution in [0, 0.1) is 0 Å². The molecule has 1 heterocycles. The lowest BCUT2D eigenvalue weighted by atomic mass is 10.2. The first-order valence-corrected chi connectivity index (χ1v) is 9.90. The molecule has 0 fully saturated rings. The number of rotatable bonds is 7. The minimum atomic E-state index is -3.59. The molecule has 0 bridgehead atoms. The maximum absolute atomic E-state index is 12.5. The third kappa shape index (κ3) is 4.61. The molecule has 0 saturated carbocycles. The number of aryl methyl sites for hydroxylation is 1.